The molecule has 0 N–H and O–H groups in total. The van der Waals surface area contributed by atoms with Gasteiger partial charge in [0.2, 0.25) is 0 Å². The summed E-state index contributed by atoms with van der Waals surface area (Å²) in [4.78, 5) is 11.5. The third-order valence-corrected chi connectivity index (χ3v) is 4.79. The maximum absolute atomic E-state index is 11.5. The number of hydrogen-bond acceptors (Lipinski definition) is 1. The number of carbonyl (C=O) groups excluding carboxylic acids is 1. The fourth-order valence-electron chi connectivity index (χ4n) is 2.55. The Morgan fingerprint density at radius 1 is 1.42 bits per heavy atom. The van der Waals surface area contributed by atoms with Gasteiger partial charge in [0.25, 0.3) is 0 Å². The van der Waals surface area contributed by atoms with Gasteiger partial charge in [-0.2, -0.15) is 0 Å². The fraction of sp³-hybridized carbons (Fsp3) is 0.889. The number of fused-ring (bicyclic) bond motifs is 1. The Balaban J connectivity index is 2.29. The van der Waals surface area contributed by atoms with E-state index in [0.29, 0.717) is 0 Å². The van der Waals surface area contributed by atoms with E-state index in [-0.39, 0.29) is 17.1 Å². The van der Waals surface area contributed by atoms with Crippen LogP contribution in [0.1, 0.15) is 32.6 Å². The number of Topliss-reactive ketones (excluding diaryl/α,β-unsaturated/α-hetero) is 1. The van der Waals surface area contributed by atoms with Crippen molar-refractivity contribution in [2.75, 3.05) is 0 Å². The van der Waals surface area contributed by atoms with Gasteiger partial charge in [-0.05, 0) is 12.8 Å². The van der Waals surface area contributed by atoms with Crippen LogP contribution in [-0.2, 0) is 4.79 Å². The highest BCUT2D eigenvalue weighted by Gasteiger charge is 2.68. The summed E-state index contributed by atoms with van der Waals surface area (Å²) in [6.07, 6.45) is 4.28. The second-order valence-corrected chi connectivity index (χ2v) is 5.48. The van der Waals surface area contributed by atoms with Crippen LogP contribution in [0, 0.1) is 11.3 Å². The van der Waals surface area contributed by atoms with Crippen molar-refractivity contribution in [3.63, 3.8) is 0 Å². The van der Waals surface area contributed by atoms with E-state index in [2.05, 4.69) is 0 Å². The molecule has 0 heterocycles. The van der Waals surface area contributed by atoms with Gasteiger partial charge < -0.3 is 0 Å². The lowest BCUT2D eigenvalue weighted by molar-refractivity contribution is -0.147. The maximum Gasteiger partial charge on any atom is 0.182 e. The van der Waals surface area contributed by atoms with Crippen molar-refractivity contribution in [3.05, 3.63) is 0 Å². The van der Waals surface area contributed by atoms with Gasteiger partial charge in [0, 0.05) is 11.3 Å². The molecular weight excluding hydrogens is 195 g/mol. The molecule has 0 aromatic carbocycles. The summed E-state index contributed by atoms with van der Waals surface area (Å²) < 4.78 is -1.09. The predicted octanol–water partition coefficient (Wildman–Crippen LogP) is 2.94. The molecule has 0 aromatic rings. The molecule has 0 amide bonds. The largest absolute Gasteiger partial charge is 0.296 e. The highest BCUT2D eigenvalue weighted by Crippen LogP contribution is 2.63. The first-order valence-electron chi connectivity index (χ1n) is 4.42. The molecule has 2 saturated carbocycles. The number of carbonyl (C=O) groups is 1. The van der Waals surface area contributed by atoms with E-state index < -0.39 is 4.33 Å². The molecule has 3 heteroatoms. The molecule has 0 bridgehead atoms. The van der Waals surface area contributed by atoms with Crippen LogP contribution in [0.15, 0.2) is 0 Å². The van der Waals surface area contributed by atoms with Gasteiger partial charge in [-0.15, -0.1) is 0 Å². The van der Waals surface area contributed by atoms with Crippen LogP contribution in [0.4, 0.5) is 0 Å². The van der Waals surface area contributed by atoms with Crippen LogP contribution in [0.25, 0.3) is 0 Å². The van der Waals surface area contributed by atoms with E-state index >= 15 is 0 Å². The minimum absolute atomic E-state index is 0.0491. The number of alkyl halides is 2. The minimum Gasteiger partial charge on any atom is -0.296 e. The van der Waals surface area contributed by atoms with E-state index in [0.717, 1.165) is 25.7 Å². The molecule has 0 aliphatic heterocycles. The number of ketones is 1. The van der Waals surface area contributed by atoms with Gasteiger partial charge in [0.15, 0.2) is 10.1 Å². The van der Waals surface area contributed by atoms with Gasteiger partial charge >= 0.3 is 0 Å². The molecular formula is C9H12Cl2O. The smallest absolute Gasteiger partial charge is 0.182 e. The monoisotopic (exact) mass is 206 g/mol. The van der Waals surface area contributed by atoms with Crippen LogP contribution in [0.3, 0.4) is 0 Å². The molecule has 1 nitrogen and oxygen atoms in total. The normalized spacial score (nSPS) is 44.9. The third kappa shape index (κ3) is 0.793. The van der Waals surface area contributed by atoms with Crippen molar-refractivity contribution in [2.24, 2.45) is 11.3 Å². The molecule has 2 aliphatic rings. The van der Waals surface area contributed by atoms with Gasteiger partial charge in [-0.1, -0.05) is 43.0 Å². The van der Waals surface area contributed by atoms with E-state index in [1.165, 1.54) is 0 Å². The van der Waals surface area contributed by atoms with Crippen molar-refractivity contribution in [2.45, 2.75) is 36.9 Å². The zero-order valence-corrected chi connectivity index (χ0v) is 8.58. The van der Waals surface area contributed by atoms with Crippen molar-refractivity contribution in [3.8, 4) is 0 Å². The molecule has 2 atom stereocenters. The van der Waals surface area contributed by atoms with Gasteiger partial charge in [-0.25, -0.2) is 0 Å². The van der Waals surface area contributed by atoms with Crippen molar-refractivity contribution < 1.29 is 4.79 Å². The average Bonchev–Trinajstić information content (AvgIpc) is 2.04. The van der Waals surface area contributed by atoms with Crippen LogP contribution in [0.5, 0.6) is 0 Å². The van der Waals surface area contributed by atoms with Crippen molar-refractivity contribution in [1.82, 2.24) is 0 Å². The Labute approximate surface area is 82.4 Å². The lowest BCUT2D eigenvalue weighted by Crippen LogP contribution is -2.65. The summed E-state index contributed by atoms with van der Waals surface area (Å²) in [5.41, 5.74) is -0.133. The van der Waals surface area contributed by atoms with Crippen molar-refractivity contribution in [1.29, 1.82) is 0 Å². The SMILES string of the molecule is C[C@@]12CCCC[C@@H]1C(=O)C2(Cl)Cl. The first-order valence-corrected chi connectivity index (χ1v) is 5.18. The van der Waals surface area contributed by atoms with Crippen LogP contribution < -0.4 is 0 Å². The molecule has 0 saturated heterocycles. The van der Waals surface area contributed by atoms with Crippen LogP contribution >= 0.6 is 23.2 Å². The summed E-state index contributed by atoms with van der Waals surface area (Å²) in [5.74, 6) is 0.189. The van der Waals surface area contributed by atoms with E-state index in [4.69, 9.17) is 23.2 Å². The van der Waals surface area contributed by atoms with Gasteiger partial charge in [0.1, 0.15) is 0 Å². The summed E-state index contributed by atoms with van der Waals surface area (Å²) in [7, 11) is 0. The summed E-state index contributed by atoms with van der Waals surface area (Å²) in [5, 5.41) is 0. The van der Waals surface area contributed by atoms with E-state index in [1.54, 1.807) is 0 Å². The highest BCUT2D eigenvalue weighted by atomic mass is 35.5. The maximum atomic E-state index is 11.5. The Kier molecular flexibility index (Phi) is 1.76. The molecule has 2 aliphatic carbocycles. The third-order valence-electron chi connectivity index (χ3n) is 3.55. The van der Waals surface area contributed by atoms with E-state index in [9.17, 15) is 4.79 Å². The Bertz CT molecular complexity index is 237. The quantitative estimate of drug-likeness (QED) is 0.558. The van der Waals surface area contributed by atoms with Gasteiger partial charge in [0.05, 0.1) is 0 Å². The molecule has 0 radical (unpaired) electrons. The molecule has 0 unspecified atom stereocenters. The highest BCUT2D eigenvalue weighted by molar-refractivity contribution is 6.61. The molecule has 2 fully saturated rings. The lowest BCUT2D eigenvalue weighted by atomic mass is 9.53. The van der Waals surface area contributed by atoms with Crippen LogP contribution in [0.2, 0.25) is 0 Å². The first-order chi connectivity index (χ1) is 5.50. The Morgan fingerprint density at radius 3 is 2.67 bits per heavy atom. The molecule has 0 spiro atoms. The first kappa shape index (κ1) is 8.83. The summed E-state index contributed by atoms with van der Waals surface area (Å²) in [6, 6.07) is 0. The molecule has 0 aromatic heterocycles. The second-order valence-electron chi connectivity index (χ2n) is 4.15. The van der Waals surface area contributed by atoms with Crippen LogP contribution in [-0.4, -0.2) is 10.1 Å². The minimum atomic E-state index is -1.09. The molecule has 68 valence electrons. The van der Waals surface area contributed by atoms with Gasteiger partial charge in [-0.3, -0.25) is 4.79 Å². The Morgan fingerprint density at radius 2 is 2.08 bits per heavy atom. The standard InChI is InChI=1S/C9H12Cl2O/c1-8-5-3-2-4-6(8)7(12)9(8,10)11/h6H,2-5H2,1H3/t6-,8-/m1/s1. The fourth-order valence-corrected chi connectivity index (χ4v) is 3.27. The number of halogens is 2. The average molecular weight is 207 g/mol. The number of hydrogen-bond donors (Lipinski definition) is 0. The van der Waals surface area contributed by atoms with Crippen molar-refractivity contribution >= 4 is 29.0 Å². The zero-order chi connectivity index (χ0) is 8.98. The Hall–Kier alpha value is 0.250. The zero-order valence-electron chi connectivity index (χ0n) is 7.07. The number of rotatable bonds is 0. The molecule has 12 heavy (non-hydrogen) atoms. The molecule has 2 rings (SSSR count). The predicted molar refractivity (Wildman–Crippen MR) is 49.5 cm³/mol. The second kappa shape index (κ2) is 2.39. The summed E-state index contributed by atoms with van der Waals surface area (Å²) in [6.45, 7) is 2.04. The lowest BCUT2D eigenvalue weighted by Gasteiger charge is -2.57. The summed E-state index contributed by atoms with van der Waals surface area (Å²) >= 11 is 12.0. The topological polar surface area (TPSA) is 17.1 Å². The van der Waals surface area contributed by atoms with E-state index in [1.807, 2.05) is 6.92 Å².